The van der Waals surface area contributed by atoms with Gasteiger partial charge in [-0.3, -0.25) is 0 Å². The van der Waals surface area contributed by atoms with Crippen LogP contribution in [0, 0.1) is 12.8 Å². The first-order valence-electron chi connectivity index (χ1n) is 5.08. The van der Waals surface area contributed by atoms with Gasteiger partial charge in [0.25, 0.3) is 0 Å². The van der Waals surface area contributed by atoms with Gasteiger partial charge >= 0.3 is 6.18 Å². The Morgan fingerprint density at radius 2 is 2.17 bits per heavy atom. The Morgan fingerprint density at radius 3 is 2.67 bits per heavy atom. The van der Waals surface area contributed by atoms with Crippen LogP contribution in [0.15, 0.2) is 29.4 Å². The summed E-state index contributed by atoms with van der Waals surface area (Å²) in [6, 6.07) is 6.58. The van der Waals surface area contributed by atoms with E-state index < -0.39 is 24.5 Å². The second-order valence-corrected chi connectivity index (χ2v) is 3.75. The average molecular weight is 262 g/mol. The van der Waals surface area contributed by atoms with Crippen LogP contribution in [0.25, 0.3) is 0 Å². The molecule has 0 aliphatic heterocycles. The van der Waals surface area contributed by atoms with Crippen molar-refractivity contribution in [2.24, 2.45) is 16.8 Å². The van der Waals surface area contributed by atoms with Crippen LogP contribution in [-0.4, -0.2) is 23.8 Å². The second-order valence-electron chi connectivity index (χ2n) is 3.75. The largest absolute Gasteiger partial charge is 0.492 e. The molecule has 0 heterocycles. The van der Waals surface area contributed by atoms with Crippen LogP contribution in [0.2, 0.25) is 0 Å². The van der Waals surface area contributed by atoms with Crippen molar-refractivity contribution in [2.75, 3.05) is 6.61 Å². The third kappa shape index (κ3) is 3.83. The zero-order valence-corrected chi connectivity index (χ0v) is 9.61. The molecule has 1 unspecified atom stereocenters. The Bertz CT molecular complexity index is 433. The van der Waals surface area contributed by atoms with Crippen LogP contribution in [0.3, 0.4) is 0 Å². The van der Waals surface area contributed by atoms with Crippen LogP contribution in [0.4, 0.5) is 13.2 Å². The highest BCUT2D eigenvalue weighted by Crippen LogP contribution is 2.27. The van der Waals surface area contributed by atoms with Crippen molar-refractivity contribution < 1.29 is 23.1 Å². The predicted octanol–water partition coefficient (Wildman–Crippen LogP) is 2.30. The molecule has 0 aromatic heterocycles. The van der Waals surface area contributed by atoms with Gasteiger partial charge in [-0.1, -0.05) is 17.3 Å². The van der Waals surface area contributed by atoms with Gasteiger partial charge in [0, 0.05) is 0 Å². The number of hydrogen-bond donors (Lipinski definition) is 2. The Kier molecular flexibility index (Phi) is 4.41. The van der Waals surface area contributed by atoms with Gasteiger partial charge in [0.15, 0.2) is 5.84 Å². The molecule has 0 fully saturated rings. The third-order valence-corrected chi connectivity index (χ3v) is 2.27. The highest BCUT2D eigenvalue weighted by molar-refractivity contribution is 5.83. The van der Waals surface area contributed by atoms with Crippen molar-refractivity contribution in [3.05, 3.63) is 29.8 Å². The standard InChI is InChI=1S/C11H13F3N2O2/c1-7-3-2-4-8(5-7)18-6-9(10(15)16-17)11(12,13)14/h2-5,9,17H,6H2,1H3,(H2,15,16). The Morgan fingerprint density at radius 1 is 1.50 bits per heavy atom. The van der Waals surface area contributed by atoms with Gasteiger partial charge in [-0.15, -0.1) is 0 Å². The molecule has 18 heavy (non-hydrogen) atoms. The van der Waals surface area contributed by atoms with E-state index in [1.807, 2.05) is 0 Å². The van der Waals surface area contributed by atoms with E-state index in [2.05, 4.69) is 5.16 Å². The molecule has 1 atom stereocenters. The number of nitrogens with two attached hydrogens (primary N) is 1. The van der Waals surface area contributed by atoms with Crippen LogP contribution < -0.4 is 10.5 Å². The fourth-order valence-electron chi connectivity index (χ4n) is 1.30. The van der Waals surface area contributed by atoms with Crippen molar-refractivity contribution in [2.45, 2.75) is 13.1 Å². The zero-order chi connectivity index (χ0) is 13.8. The number of ether oxygens (including phenoxy) is 1. The zero-order valence-electron chi connectivity index (χ0n) is 9.61. The van der Waals surface area contributed by atoms with Crippen molar-refractivity contribution in [1.29, 1.82) is 0 Å². The molecule has 0 amide bonds. The number of benzene rings is 1. The molecule has 0 saturated heterocycles. The summed E-state index contributed by atoms with van der Waals surface area (Å²) in [6.07, 6.45) is -4.62. The summed E-state index contributed by atoms with van der Waals surface area (Å²) in [7, 11) is 0. The molecule has 0 aliphatic rings. The molecular formula is C11H13F3N2O2. The molecule has 100 valence electrons. The fourth-order valence-corrected chi connectivity index (χ4v) is 1.30. The molecule has 4 nitrogen and oxygen atoms in total. The molecular weight excluding hydrogens is 249 g/mol. The summed E-state index contributed by atoms with van der Waals surface area (Å²) >= 11 is 0. The minimum absolute atomic E-state index is 0.301. The minimum Gasteiger partial charge on any atom is -0.492 e. The highest BCUT2D eigenvalue weighted by Gasteiger charge is 2.43. The quantitative estimate of drug-likeness (QED) is 0.378. The lowest BCUT2D eigenvalue weighted by molar-refractivity contribution is -0.162. The van der Waals surface area contributed by atoms with Crippen LogP contribution in [0.1, 0.15) is 5.56 Å². The van der Waals surface area contributed by atoms with Crippen molar-refractivity contribution in [3.63, 3.8) is 0 Å². The van der Waals surface area contributed by atoms with Gasteiger partial charge in [0.1, 0.15) is 18.3 Å². The summed E-state index contributed by atoms with van der Waals surface area (Å²) in [5.74, 6) is -2.76. The van der Waals surface area contributed by atoms with E-state index in [4.69, 9.17) is 15.7 Å². The van der Waals surface area contributed by atoms with E-state index in [0.717, 1.165) is 5.56 Å². The average Bonchev–Trinajstić information content (AvgIpc) is 2.27. The van der Waals surface area contributed by atoms with E-state index >= 15 is 0 Å². The summed E-state index contributed by atoms with van der Waals surface area (Å²) in [5, 5.41) is 10.7. The first-order valence-corrected chi connectivity index (χ1v) is 5.08. The van der Waals surface area contributed by atoms with Crippen LogP contribution in [-0.2, 0) is 0 Å². The Labute approximate surface area is 102 Å². The lowest BCUT2D eigenvalue weighted by atomic mass is 10.1. The van der Waals surface area contributed by atoms with Crippen molar-refractivity contribution in [3.8, 4) is 5.75 Å². The van der Waals surface area contributed by atoms with Gasteiger partial charge in [-0.25, -0.2) is 0 Å². The summed E-state index contributed by atoms with van der Waals surface area (Å²) < 4.78 is 42.8. The number of halogens is 3. The van der Waals surface area contributed by atoms with E-state index in [1.54, 1.807) is 25.1 Å². The van der Waals surface area contributed by atoms with Crippen molar-refractivity contribution >= 4 is 5.84 Å². The van der Waals surface area contributed by atoms with E-state index in [0.29, 0.717) is 5.75 Å². The van der Waals surface area contributed by atoms with E-state index in [-0.39, 0.29) is 0 Å². The maximum atomic E-state index is 12.6. The summed E-state index contributed by atoms with van der Waals surface area (Å²) in [4.78, 5) is 0. The number of amidine groups is 1. The summed E-state index contributed by atoms with van der Waals surface area (Å²) in [6.45, 7) is 1.06. The number of rotatable bonds is 4. The Balaban J connectivity index is 2.75. The number of alkyl halides is 3. The molecule has 1 aromatic rings. The normalized spacial score (nSPS) is 14.3. The monoisotopic (exact) mass is 262 g/mol. The van der Waals surface area contributed by atoms with Gasteiger partial charge in [0.2, 0.25) is 0 Å². The molecule has 0 saturated carbocycles. The van der Waals surface area contributed by atoms with Gasteiger partial charge < -0.3 is 15.7 Å². The molecule has 0 radical (unpaired) electrons. The van der Waals surface area contributed by atoms with E-state index in [1.165, 1.54) is 6.07 Å². The maximum absolute atomic E-state index is 12.6. The molecule has 0 spiro atoms. The lowest BCUT2D eigenvalue weighted by Crippen LogP contribution is -2.40. The van der Waals surface area contributed by atoms with Crippen molar-refractivity contribution in [1.82, 2.24) is 0 Å². The number of oxime groups is 1. The number of nitrogens with zero attached hydrogens (tertiary/aromatic N) is 1. The lowest BCUT2D eigenvalue weighted by Gasteiger charge is -2.19. The molecule has 7 heteroatoms. The summed E-state index contributed by atoms with van der Waals surface area (Å²) in [5.41, 5.74) is 5.86. The first-order chi connectivity index (χ1) is 8.34. The maximum Gasteiger partial charge on any atom is 0.402 e. The van der Waals surface area contributed by atoms with Crippen LogP contribution >= 0.6 is 0 Å². The highest BCUT2D eigenvalue weighted by atomic mass is 19.4. The van der Waals surface area contributed by atoms with Gasteiger partial charge in [-0.05, 0) is 24.6 Å². The minimum atomic E-state index is -4.62. The SMILES string of the molecule is Cc1cccc(OCC(/C(N)=N/O)C(F)(F)F)c1. The fraction of sp³-hybridized carbons (Fsp3) is 0.364. The number of aryl methyl sites for hydroxylation is 1. The first kappa shape index (κ1) is 14.1. The Hall–Kier alpha value is -1.92. The molecule has 1 rings (SSSR count). The smallest absolute Gasteiger partial charge is 0.402 e. The second kappa shape index (κ2) is 5.61. The molecule has 0 aliphatic carbocycles. The molecule has 3 N–H and O–H groups in total. The van der Waals surface area contributed by atoms with E-state index in [9.17, 15) is 13.2 Å². The van der Waals surface area contributed by atoms with Crippen LogP contribution in [0.5, 0.6) is 5.75 Å². The topological polar surface area (TPSA) is 67.8 Å². The van der Waals surface area contributed by atoms with Gasteiger partial charge in [-0.2, -0.15) is 13.2 Å². The molecule has 1 aromatic carbocycles. The van der Waals surface area contributed by atoms with Gasteiger partial charge in [0.05, 0.1) is 0 Å². The number of hydrogen-bond acceptors (Lipinski definition) is 3. The predicted molar refractivity (Wildman–Crippen MR) is 59.6 cm³/mol. The third-order valence-electron chi connectivity index (χ3n) is 2.27. The molecule has 0 bridgehead atoms.